The number of rotatable bonds is 8. The minimum atomic E-state index is -0.153. The summed E-state index contributed by atoms with van der Waals surface area (Å²) in [6, 6.07) is 16.6. The van der Waals surface area contributed by atoms with Gasteiger partial charge in [-0.3, -0.25) is 4.79 Å². The topological polar surface area (TPSA) is 58.9 Å². The molecule has 0 aliphatic carbocycles. The van der Waals surface area contributed by atoms with Gasteiger partial charge in [0.2, 0.25) is 5.75 Å². The number of ketones is 1. The van der Waals surface area contributed by atoms with Gasteiger partial charge in [-0.1, -0.05) is 23.7 Å². The molecule has 0 unspecified atom stereocenters. The molecule has 4 rings (SSSR count). The molecule has 0 aliphatic heterocycles. The minimum absolute atomic E-state index is 0.153. The zero-order chi connectivity index (χ0) is 23.5. The second-order valence-corrected chi connectivity index (χ2v) is 7.86. The van der Waals surface area contributed by atoms with Crippen LogP contribution in [0.15, 0.2) is 60.8 Å². The quantitative estimate of drug-likeness (QED) is 0.317. The van der Waals surface area contributed by atoms with Gasteiger partial charge >= 0.3 is 0 Å². The molecule has 0 amide bonds. The SMILES string of the molecule is COc1ccc2c(C(=O)c3cc(OC)c(OC)c(OC)c3)cn(Cc3ccc(Cl)cc3)c2c1. The molecule has 0 radical (unpaired) electrons. The van der Waals surface area contributed by atoms with E-state index in [9.17, 15) is 4.79 Å². The zero-order valence-corrected chi connectivity index (χ0v) is 19.6. The summed E-state index contributed by atoms with van der Waals surface area (Å²) in [5.74, 6) is 1.84. The normalized spacial score (nSPS) is 10.8. The van der Waals surface area contributed by atoms with Gasteiger partial charge in [0.15, 0.2) is 17.3 Å². The number of hydrogen-bond acceptors (Lipinski definition) is 5. The van der Waals surface area contributed by atoms with Gasteiger partial charge in [0.1, 0.15) is 5.75 Å². The van der Waals surface area contributed by atoms with Crippen molar-refractivity contribution < 1.29 is 23.7 Å². The molecule has 0 atom stereocenters. The standard InChI is InChI=1S/C26H24ClNO5/c1-30-19-9-10-20-21(15-28(22(20)13-19)14-16-5-7-18(27)8-6-16)25(29)17-11-23(31-2)26(33-4)24(12-17)32-3/h5-13,15H,14H2,1-4H3. The molecule has 0 bridgehead atoms. The highest BCUT2D eigenvalue weighted by Crippen LogP contribution is 2.39. The maximum atomic E-state index is 13.6. The fraction of sp³-hybridized carbons (Fsp3) is 0.192. The number of aromatic nitrogens is 1. The maximum absolute atomic E-state index is 13.6. The summed E-state index contributed by atoms with van der Waals surface area (Å²) in [6.45, 7) is 0.573. The molecule has 7 heteroatoms. The summed E-state index contributed by atoms with van der Waals surface area (Å²) >= 11 is 6.04. The van der Waals surface area contributed by atoms with Crippen molar-refractivity contribution in [3.05, 3.63) is 82.5 Å². The van der Waals surface area contributed by atoms with E-state index in [1.807, 2.05) is 53.2 Å². The third-order valence-corrected chi connectivity index (χ3v) is 5.78. The van der Waals surface area contributed by atoms with Crippen LogP contribution in [0.5, 0.6) is 23.0 Å². The third-order valence-electron chi connectivity index (χ3n) is 5.53. The average Bonchev–Trinajstić information content (AvgIpc) is 3.21. The number of halogens is 1. The van der Waals surface area contributed by atoms with E-state index in [2.05, 4.69) is 0 Å². The van der Waals surface area contributed by atoms with Gasteiger partial charge in [-0.05, 0) is 42.0 Å². The Morgan fingerprint density at radius 3 is 2.09 bits per heavy atom. The van der Waals surface area contributed by atoms with Gasteiger partial charge in [-0.25, -0.2) is 0 Å². The number of ether oxygens (including phenoxy) is 4. The summed E-state index contributed by atoms with van der Waals surface area (Å²) < 4.78 is 23.7. The highest BCUT2D eigenvalue weighted by molar-refractivity contribution is 6.30. The van der Waals surface area contributed by atoms with Crippen LogP contribution in [-0.2, 0) is 6.54 Å². The highest BCUT2D eigenvalue weighted by Gasteiger charge is 2.22. The van der Waals surface area contributed by atoms with Gasteiger partial charge in [0.25, 0.3) is 0 Å². The molecule has 33 heavy (non-hydrogen) atoms. The molecule has 4 aromatic rings. The first kappa shape index (κ1) is 22.6. The Morgan fingerprint density at radius 2 is 1.52 bits per heavy atom. The van der Waals surface area contributed by atoms with Gasteiger partial charge in [0.05, 0.1) is 34.0 Å². The van der Waals surface area contributed by atoms with E-state index in [1.54, 1.807) is 19.2 Å². The van der Waals surface area contributed by atoms with Crippen molar-refractivity contribution >= 4 is 28.3 Å². The van der Waals surface area contributed by atoms with Crippen LogP contribution in [0, 0.1) is 0 Å². The van der Waals surface area contributed by atoms with Crippen LogP contribution >= 0.6 is 11.6 Å². The Kier molecular flexibility index (Phi) is 6.47. The number of hydrogen-bond donors (Lipinski definition) is 0. The lowest BCUT2D eigenvalue weighted by molar-refractivity contribution is 0.103. The van der Waals surface area contributed by atoms with E-state index >= 15 is 0 Å². The van der Waals surface area contributed by atoms with E-state index < -0.39 is 0 Å². The van der Waals surface area contributed by atoms with Crippen molar-refractivity contribution in [2.45, 2.75) is 6.54 Å². The monoisotopic (exact) mass is 465 g/mol. The first-order valence-corrected chi connectivity index (χ1v) is 10.6. The molecule has 3 aromatic carbocycles. The minimum Gasteiger partial charge on any atom is -0.497 e. The van der Waals surface area contributed by atoms with E-state index in [1.165, 1.54) is 21.3 Å². The molecule has 0 N–H and O–H groups in total. The lowest BCUT2D eigenvalue weighted by Crippen LogP contribution is -2.04. The van der Waals surface area contributed by atoms with Gasteiger partial charge in [-0.15, -0.1) is 0 Å². The average molecular weight is 466 g/mol. The maximum Gasteiger partial charge on any atom is 0.203 e. The molecule has 170 valence electrons. The zero-order valence-electron chi connectivity index (χ0n) is 18.8. The van der Waals surface area contributed by atoms with E-state index in [-0.39, 0.29) is 5.78 Å². The predicted octanol–water partition coefficient (Wildman–Crippen LogP) is 5.61. The fourth-order valence-electron chi connectivity index (χ4n) is 3.86. The van der Waals surface area contributed by atoms with Crippen LogP contribution in [0.25, 0.3) is 10.9 Å². The Balaban J connectivity index is 1.84. The summed E-state index contributed by atoms with van der Waals surface area (Å²) in [6.07, 6.45) is 1.87. The number of carbonyl (C=O) groups is 1. The summed E-state index contributed by atoms with van der Waals surface area (Å²) in [7, 11) is 6.20. The van der Waals surface area contributed by atoms with Crippen LogP contribution in [-0.4, -0.2) is 38.8 Å². The first-order chi connectivity index (χ1) is 16.0. The largest absolute Gasteiger partial charge is 0.497 e. The number of fused-ring (bicyclic) bond motifs is 1. The van der Waals surface area contributed by atoms with Crippen LogP contribution in [0.4, 0.5) is 0 Å². The Labute approximate surface area is 197 Å². The molecule has 1 heterocycles. The molecule has 0 spiro atoms. The molecule has 0 aliphatic rings. The van der Waals surface area contributed by atoms with Crippen LogP contribution in [0.2, 0.25) is 5.02 Å². The van der Waals surface area contributed by atoms with Crippen molar-refractivity contribution in [2.24, 2.45) is 0 Å². The molecular formula is C26H24ClNO5. The number of benzene rings is 3. The molecule has 1 aromatic heterocycles. The number of methoxy groups -OCH3 is 4. The third kappa shape index (κ3) is 4.34. The molecule has 0 fully saturated rings. The van der Waals surface area contributed by atoms with Crippen LogP contribution < -0.4 is 18.9 Å². The molecule has 0 saturated heterocycles. The first-order valence-electron chi connectivity index (χ1n) is 10.2. The van der Waals surface area contributed by atoms with E-state index in [0.717, 1.165) is 16.5 Å². The smallest absolute Gasteiger partial charge is 0.203 e. The van der Waals surface area contributed by atoms with Crippen molar-refractivity contribution in [3.63, 3.8) is 0 Å². The molecular weight excluding hydrogens is 442 g/mol. The second kappa shape index (κ2) is 9.46. The van der Waals surface area contributed by atoms with Crippen molar-refractivity contribution in [3.8, 4) is 23.0 Å². The van der Waals surface area contributed by atoms with Crippen molar-refractivity contribution in [1.82, 2.24) is 4.57 Å². The van der Waals surface area contributed by atoms with Gasteiger partial charge in [-0.2, -0.15) is 0 Å². The van der Waals surface area contributed by atoms with Crippen molar-refractivity contribution in [2.75, 3.05) is 28.4 Å². The second-order valence-electron chi connectivity index (χ2n) is 7.42. The molecule has 6 nitrogen and oxygen atoms in total. The highest BCUT2D eigenvalue weighted by atomic mass is 35.5. The lowest BCUT2D eigenvalue weighted by atomic mass is 10.0. The number of nitrogens with zero attached hydrogens (tertiary/aromatic N) is 1. The summed E-state index contributed by atoms with van der Waals surface area (Å²) in [4.78, 5) is 13.6. The van der Waals surface area contributed by atoms with Crippen molar-refractivity contribution in [1.29, 1.82) is 0 Å². The Bertz CT molecular complexity index is 1290. The van der Waals surface area contributed by atoms with E-state index in [4.69, 9.17) is 30.5 Å². The lowest BCUT2D eigenvalue weighted by Gasteiger charge is -2.13. The van der Waals surface area contributed by atoms with Crippen LogP contribution in [0.1, 0.15) is 21.5 Å². The predicted molar refractivity (Wildman–Crippen MR) is 129 cm³/mol. The number of carbonyl (C=O) groups excluding carboxylic acids is 1. The van der Waals surface area contributed by atoms with Gasteiger partial charge < -0.3 is 23.5 Å². The van der Waals surface area contributed by atoms with Gasteiger partial charge in [0, 0.05) is 40.3 Å². The molecule has 0 saturated carbocycles. The van der Waals surface area contributed by atoms with E-state index in [0.29, 0.717) is 45.7 Å². The Hall–Kier alpha value is -3.64. The fourth-order valence-corrected chi connectivity index (χ4v) is 3.99. The summed E-state index contributed by atoms with van der Waals surface area (Å²) in [5, 5.41) is 1.50. The summed E-state index contributed by atoms with van der Waals surface area (Å²) in [5.41, 5.74) is 2.95. The van der Waals surface area contributed by atoms with Crippen LogP contribution in [0.3, 0.4) is 0 Å². The Morgan fingerprint density at radius 1 is 0.848 bits per heavy atom.